The summed E-state index contributed by atoms with van der Waals surface area (Å²) in [6, 6.07) is 13.1. The molecule has 1 unspecified atom stereocenters. The van der Waals surface area contributed by atoms with Crippen molar-refractivity contribution in [2.24, 2.45) is 7.05 Å². The molecule has 1 N–H and O–H groups in total. The number of nitrogens with one attached hydrogen (secondary N) is 1. The van der Waals surface area contributed by atoms with Crippen molar-refractivity contribution >= 4 is 5.91 Å². The third-order valence-corrected chi connectivity index (χ3v) is 4.54. The Morgan fingerprint density at radius 3 is 2.71 bits per heavy atom. The van der Waals surface area contributed by atoms with Crippen molar-refractivity contribution < 1.29 is 14.3 Å². The molecule has 146 valence electrons. The third kappa shape index (κ3) is 4.52. The van der Waals surface area contributed by atoms with Gasteiger partial charge in [-0.25, -0.2) is 4.98 Å². The number of hydrogen-bond donors (Lipinski definition) is 1. The zero-order valence-electron chi connectivity index (χ0n) is 16.6. The molecule has 0 spiro atoms. The molecule has 6 heteroatoms. The molecular weight excluding hydrogens is 354 g/mol. The number of rotatable bonds is 7. The molecule has 1 heterocycles. The Labute approximate surface area is 165 Å². The van der Waals surface area contributed by atoms with Crippen molar-refractivity contribution in [3.63, 3.8) is 0 Å². The van der Waals surface area contributed by atoms with Crippen molar-refractivity contribution in [2.45, 2.75) is 19.9 Å². The fourth-order valence-electron chi connectivity index (χ4n) is 3.08. The number of imidazole rings is 1. The smallest absolute Gasteiger partial charge is 0.258 e. The molecule has 0 aliphatic carbocycles. The van der Waals surface area contributed by atoms with Crippen LogP contribution in [-0.4, -0.2) is 29.2 Å². The largest absolute Gasteiger partial charge is 0.497 e. The first-order chi connectivity index (χ1) is 13.5. The first-order valence-electron chi connectivity index (χ1n) is 9.08. The van der Waals surface area contributed by atoms with Gasteiger partial charge in [-0.05, 0) is 43.2 Å². The Kier molecular flexibility index (Phi) is 5.99. The van der Waals surface area contributed by atoms with Gasteiger partial charge in [-0.1, -0.05) is 29.8 Å². The van der Waals surface area contributed by atoms with Gasteiger partial charge < -0.3 is 19.4 Å². The van der Waals surface area contributed by atoms with Gasteiger partial charge in [-0.15, -0.1) is 0 Å². The van der Waals surface area contributed by atoms with Gasteiger partial charge in [-0.3, -0.25) is 4.79 Å². The molecule has 1 amide bonds. The Balaban J connectivity index is 1.77. The van der Waals surface area contributed by atoms with E-state index in [-0.39, 0.29) is 12.5 Å². The van der Waals surface area contributed by atoms with Gasteiger partial charge in [0, 0.05) is 19.4 Å². The molecule has 0 aliphatic rings. The maximum Gasteiger partial charge on any atom is 0.258 e. The second-order valence-electron chi connectivity index (χ2n) is 6.73. The minimum Gasteiger partial charge on any atom is -0.497 e. The van der Waals surface area contributed by atoms with Crippen LogP contribution in [0, 0.1) is 13.8 Å². The van der Waals surface area contributed by atoms with Crippen LogP contribution in [0.1, 0.15) is 28.6 Å². The van der Waals surface area contributed by atoms with Crippen LogP contribution < -0.4 is 14.8 Å². The van der Waals surface area contributed by atoms with Crippen molar-refractivity contribution in [2.75, 3.05) is 13.7 Å². The predicted molar refractivity (Wildman–Crippen MR) is 108 cm³/mol. The molecule has 0 radical (unpaired) electrons. The van der Waals surface area contributed by atoms with E-state index in [1.54, 1.807) is 13.3 Å². The first-order valence-corrected chi connectivity index (χ1v) is 9.08. The van der Waals surface area contributed by atoms with E-state index in [0.29, 0.717) is 5.75 Å². The summed E-state index contributed by atoms with van der Waals surface area (Å²) in [6.07, 6.45) is 3.56. The molecule has 0 saturated carbocycles. The molecule has 0 aliphatic heterocycles. The number of methoxy groups -OCH3 is 1. The molecule has 0 saturated heterocycles. The second kappa shape index (κ2) is 8.61. The molecule has 6 nitrogen and oxygen atoms in total. The Morgan fingerprint density at radius 2 is 2.04 bits per heavy atom. The molecule has 2 aromatic carbocycles. The van der Waals surface area contributed by atoms with E-state index in [1.165, 1.54) is 0 Å². The SMILES string of the molecule is COc1cccc(C(NC(=O)COc2ccc(C)cc2C)c2nccn2C)c1. The number of amides is 1. The van der Waals surface area contributed by atoms with Gasteiger partial charge in [0.1, 0.15) is 23.4 Å². The number of carbonyl (C=O) groups excluding carboxylic acids is 1. The average molecular weight is 379 g/mol. The Hall–Kier alpha value is -3.28. The summed E-state index contributed by atoms with van der Waals surface area (Å²) in [5, 5.41) is 3.03. The van der Waals surface area contributed by atoms with Gasteiger partial charge in [0.05, 0.1) is 7.11 Å². The van der Waals surface area contributed by atoms with Crippen LogP contribution in [0.4, 0.5) is 0 Å². The number of aromatic nitrogens is 2. The monoisotopic (exact) mass is 379 g/mol. The van der Waals surface area contributed by atoms with E-state index in [9.17, 15) is 4.79 Å². The lowest BCUT2D eigenvalue weighted by Gasteiger charge is -2.20. The lowest BCUT2D eigenvalue weighted by molar-refractivity contribution is -0.123. The molecule has 3 rings (SSSR count). The highest BCUT2D eigenvalue weighted by Crippen LogP contribution is 2.24. The quantitative estimate of drug-likeness (QED) is 0.684. The minimum absolute atomic E-state index is 0.0746. The molecule has 3 aromatic rings. The standard InChI is InChI=1S/C22H25N3O3/c1-15-8-9-19(16(2)12-15)28-14-20(26)24-21(22-23-10-11-25(22)3)17-6-5-7-18(13-17)27-4/h5-13,21H,14H2,1-4H3,(H,24,26). The van der Waals surface area contributed by atoms with Crippen molar-refractivity contribution in [3.05, 3.63) is 77.4 Å². The Bertz CT molecular complexity index is 965. The van der Waals surface area contributed by atoms with E-state index < -0.39 is 6.04 Å². The number of benzene rings is 2. The van der Waals surface area contributed by atoms with E-state index in [1.807, 2.05) is 74.1 Å². The van der Waals surface area contributed by atoms with Crippen LogP contribution >= 0.6 is 0 Å². The highest BCUT2D eigenvalue weighted by atomic mass is 16.5. The van der Waals surface area contributed by atoms with Gasteiger partial charge in [0.2, 0.25) is 0 Å². The zero-order valence-corrected chi connectivity index (χ0v) is 16.6. The van der Waals surface area contributed by atoms with Gasteiger partial charge in [0.25, 0.3) is 5.91 Å². The normalized spacial score (nSPS) is 11.7. The topological polar surface area (TPSA) is 65.4 Å². The molecule has 1 aromatic heterocycles. The summed E-state index contributed by atoms with van der Waals surface area (Å²) in [7, 11) is 3.51. The van der Waals surface area contributed by atoms with E-state index in [2.05, 4.69) is 10.3 Å². The van der Waals surface area contributed by atoms with E-state index in [4.69, 9.17) is 9.47 Å². The summed E-state index contributed by atoms with van der Waals surface area (Å²) < 4.78 is 12.9. The molecule has 0 fully saturated rings. The predicted octanol–water partition coefficient (Wildman–Crippen LogP) is 3.33. The van der Waals surface area contributed by atoms with Crippen LogP contribution in [0.3, 0.4) is 0 Å². The summed E-state index contributed by atoms with van der Waals surface area (Å²) >= 11 is 0. The van der Waals surface area contributed by atoms with Crippen molar-refractivity contribution in [1.29, 1.82) is 0 Å². The fourth-order valence-corrected chi connectivity index (χ4v) is 3.08. The van der Waals surface area contributed by atoms with E-state index in [0.717, 1.165) is 28.3 Å². The average Bonchev–Trinajstić information content (AvgIpc) is 3.11. The van der Waals surface area contributed by atoms with Gasteiger partial charge >= 0.3 is 0 Å². The maximum atomic E-state index is 12.6. The third-order valence-electron chi connectivity index (χ3n) is 4.54. The molecule has 1 atom stereocenters. The van der Waals surface area contributed by atoms with Crippen molar-refractivity contribution in [1.82, 2.24) is 14.9 Å². The summed E-state index contributed by atoms with van der Waals surface area (Å²) in [5.74, 6) is 1.93. The van der Waals surface area contributed by atoms with E-state index >= 15 is 0 Å². The summed E-state index contributed by atoms with van der Waals surface area (Å²) in [6.45, 7) is 3.91. The highest BCUT2D eigenvalue weighted by Gasteiger charge is 2.21. The minimum atomic E-state index is -0.412. The van der Waals surface area contributed by atoms with Crippen molar-refractivity contribution in [3.8, 4) is 11.5 Å². The lowest BCUT2D eigenvalue weighted by atomic mass is 10.1. The van der Waals surface area contributed by atoms with Crippen LogP contribution in [0.15, 0.2) is 54.9 Å². The van der Waals surface area contributed by atoms with Crippen LogP contribution in [0.5, 0.6) is 11.5 Å². The number of aryl methyl sites for hydroxylation is 3. The Morgan fingerprint density at radius 1 is 1.21 bits per heavy atom. The maximum absolute atomic E-state index is 12.6. The number of carbonyl (C=O) groups is 1. The number of hydrogen-bond acceptors (Lipinski definition) is 4. The highest BCUT2D eigenvalue weighted by molar-refractivity contribution is 5.78. The zero-order chi connectivity index (χ0) is 20.1. The second-order valence-corrected chi connectivity index (χ2v) is 6.73. The fraction of sp³-hybridized carbons (Fsp3) is 0.273. The van der Waals surface area contributed by atoms with Crippen LogP contribution in [0.25, 0.3) is 0 Å². The molecule has 28 heavy (non-hydrogen) atoms. The van der Waals surface area contributed by atoms with Crippen LogP contribution in [-0.2, 0) is 11.8 Å². The van der Waals surface area contributed by atoms with Gasteiger partial charge in [0.15, 0.2) is 6.61 Å². The number of nitrogens with zero attached hydrogens (tertiary/aromatic N) is 2. The first kappa shape index (κ1) is 19.5. The molecular formula is C22H25N3O3. The molecule has 0 bridgehead atoms. The number of ether oxygens (including phenoxy) is 2. The van der Waals surface area contributed by atoms with Crippen LogP contribution in [0.2, 0.25) is 0 Å². The summed E-state index contributed by atoms with van der Waals surface area (Å²) in [4.78, 5) is 17.0. The summed E-state index contributed by atoms with van der Waals surface area (Å²) in [5.41, 5.74) is 3.04. The van der Waals surface area contributed by atoms with Gasteiger partial charge in [-0.2, -0.15) is 0 Å². The lowest BCUT2D eigenvalue weighted by Crippen LogP contribution is -2.34.